The first-order chi connectivity index (χ1) is 11.6. The van der Waals surface area contributed by atoms with Gasteiger partial charge in [0.25, 0.3) is 5.24 Å². The van der Waals surface area contributed by atoms with Crippen LogP contribution in [0.25, 0.3) is 0 Å². The van der Waals surface area contributed by atoms with Gasteiger partial charge in [0.15, 0.2) is 0 Å². The van der Waals surface area contributed by atoms with E-state index in [0.717, 1.165) is 31.6 Å². The number of unbranched alkanes of at least 4 members (excludes halogenated alkanes) is 3. The highest BCUT2D eigenvalue weighted by Gasteiger charge is 2.27. The number of hydrogen-bond donors (Lipinski definition) is 0. The molecular formula is C20H27ClO3. The Hall–Kier alpha value is -1.35. The SMILES string of the molecule is CCCCCCC1CCC(C(=O)Oc2ccc(C(=O)Cl)cc2)CC1. The molecule has 132 valence electrons. The fourth-order valence-corrected chi connectivity index (χ4v) is 3.53. The van der Waals surface area contributed by atoms with Crippen molar-refractivity contribution in [3.05, 3.63) is 29.8 Å². The predicted octanol–water partition coefficient (Wildman–Crippen LogP) is 5.75. The van der Waals surface area contributed by atoms with Crippen LogP contribution in [0, 0.1) is 11.8 Å². The first-order valence-electron chi connectivity index (χ1n) is 9.11. The quantitative estimate of drug-likeness (QED) is 0.259. The van der Waals surface area contributed by atoms with Crippen molar-refractivity contribution in [2.75, 3.05) is 0 Å². The molecule has 1 aromatic carbocycles. The molecule has 0 saturated heterocycles. The molecule has 2 rings (SSSR count). The molecule has 1 aliphatic rings. The average Bonchev–Trinajstić information content (AvgIpc) is 2.59. The molecule has 0 heterocycles. The molecule has 0 radical (unpaired) electrons. The van der Waals surface area contributed by atoms with Crippen molar-refractivity contribution in [3.63, 3.8) is 0 Å². The molecule has 0 bridgehead atoms. The second-order valence-electron chi connectivity index (χ2n) is 6.79. The highest BCUT2D eigenvalue weighted by Crippen LogP contribution is 2.33. The number of carbonyl (C=O) groups excluding carboxylic acids is 2. The maximum Gasteiger partial charge on any atom is 0.314 e. The Morgan fingerprint density at radius 1 is 1.04 bits per heavy atom. The molecule has 0 aliphatic heterocycles. The second-order valence-corrected chi connectivity index (χ2v) is 7.13. The van der Waals surface area contributed by atoms with Gasteiger partial charge in [0.1, 0.15) is 5.75 Å². The Morgan fingerprint density at radius 2 is 1.71 bits per heavy atom. The molecule has 1 aromatic rings. The summed E-state index contributed by atoms with van der Waals surface area (Å²) in [5.74, 6) is 1.11. The first kappa shape index (κ1) is 19.0. The van der Waals surface area contributed by atoms with Crippen molar-refractivity contribution in [3.8, 4) is 5.75 Å². The standard InChI is InChI=1S/C20H27ClO3/c1-2-3-4-5-6-15-7-9-17(10-8-15)20(23)24-18-13-11-16(12-14-18)19(21)22/h11-15,17H,2-10H2,1H3. The van der Waals surface area contributed by atoms with Crippen molar-refractivity contribution < 1.29 is 14.3 Å². The zero-order valence-corrected chi connectivity index (χ0v) is 15.2. The number of rotatable bonds is 8. The van der Waals surface area contributed by atoms with Crippen molar-refractivity contribution in [1.29, 1.82) is 0 Å². The minimum Gasteiger partial charge on any atom is -0.426 e. The van der Waals surface area contributed by atoms with E-state index in [4.69, 9.17) is 16.3 Å². The molecule has 1 fully saturated rings. The van der Waals surface area contributed by atoms with E-state index in [9.17, 15) is 9.59 Å². The van der Waals surface area contributed by atoms with Crippen LogP contribution in [0.2, 0.25) is 0 Å². The van der Waals surface area contributed by atoms with Crippen LogP contribution in [0.3, 0.4) is 0 Å². The van der Waals surface area contributed by atoms with Gasteiger partial charge in [0, 0.05) is 5.56 Å². The van der Waals surface area contributed by atoms with Gasteiger partial charge in [-0.05, 0) is 67.5 Å². The normalized spacial score (nSPS) is 20.6. The molecule has 24 heavy (non-hydrogen) atoms. The van der Waals surface area contributed by atoms with Crippen LogP contribution in [0.5, 0.6) is 5.75 Å². The average molecular weight is 351 g/mol. The molecule has 0 atom stereocenters. The van der Waals surface area contributed by atoms with Gasteiger partial charge in [-0.15, -0.1) is 0 Å². The third-order valence-electron chi connectivity index (χ3n) is 4.95. The number of esters is 1. The van der Waals surface area contributed by atoms with Crippen LogP contribution < -0.4 is 4.74 Å². The summed E-state index contributed by atoms with van der Waals surface area (Å²) in [6, 6.07) is 6.38. The summed E-state index contributed by atoms with van der Waals surface area (Å²) in [5.41, 5.74) is 0.403. The molecular weight excluding hydrogens is 324 g/mol. The van der Waals surface area contributed by atoms with Crippen LogP contribution in [0.4, 0.5) is 0 Å². The van der Waals surface area contributed by atoms with Gasteiger partial charge in [0.05, 0.1) is 5.92 Å². The smallest absolute Gasteiger partial charge is 0.314 e. The van der Waals surface area contributed by atoms with Crippen LogP contribution in [-0.2, 0) is 4.79 Å². The van der Waals surface area contributed by atoms with E-state index in [1.54, 1.807) is 24.3 Å². The van der Waals surface area contributed by atoms with E-state index in [1.807, 2.05) is 0 Å². The largest absolute Gasteiger partial charge is 0.426 e. The van der Waals surface area contributed by atoms with Gasteiger partial charge >= 0.3 is 5.97 Å². The maximum absolute atomic E-state index is 12.3. The first-order valence-corrected chi connectivity index (χ1v) is 9.49. The maximum atomic E-state index is 12.3. The van der Waals surface area contributed by atoms with Crippen molar-refractivity contribution in [2.24, 2.45) is 11.8 Å². The second kappa shape index (κ2) is 9.83. The summed E-state index contributed by atoms with van der Waals surface area (Å²) < 4.78 is 5.44. The van der Waals surface area contributed by atoms with Gasteiger partial charge in [-0.2, -0.15) is 0 Å². The van der Waals surface area contributed by atoms with E-state index in [0.29, 0.717) is 11.3 Å². The highest BCUT2D eigenvalue weighted by molar-refractivity contribution is 6.67. The van der Waals surface area contributed by atoms with E-state index >= 15 is 0 Å². The monoisotopic (exact) mass is 350 g/mol. The van der Waals surface area contributed by atoms with E-state index in [1.165, 1.54) is 32.1 Å². The number of benzene rings is 1. The number of carbonyl (C=O) groups is 2. The van der Waals surface area contributed by atoms with Gasteiger partial charge in [-0.3, -0.25) is 9.59 Å². The minimum absolute atomic E-state index is 0.00577. The fraction of sp³-hybridized carbons (Fsp3) is 0.600. The molecule has 0 aromatic heterocycles. The molecule has 0 spiro atoms. The number of ether oxygens (including phenoxy) is 1. The number of halogens is 1. The zero-order chi connectivity index (χ0) is 17.4. The Morgan fingerprint density at radius 3 is 2.29 bits per heavy atom. The van der Waals surface area contributed by atoms with Crippen molar-refractivity contribution in [1.82, 2.24) is 0 Å². The van der Waals surface area contributed by atoms with E-state index in [2.05, 4.69) is 6.92 Å². The van der Waals surface area contributed by atoms with E-state index < -0.39 is 5.24 Å². The van der Waals surface area contributed by atoms with Gasteiger partial charge in [-0.1, -0.05) is 39.0 Å². The molecule has 0 amide bonds. The Bertz CT molecular complexity index is 530. The third-order valence-corrected chi connectivity index (χ3v) is 5.16. The summed E-state index contributed by atoms with van der Waals surface area (Å²) in [4.78, 5) is 23.3. The Labute approximate surface area is 149 Å². The minimum atomic E-state index is -0.509. The van der Waals surface area contributed by atoms with Crippen LogP contribution in [0.1, 0.15) is 75.1 Å². The third kappa shape index (κ3) is 5.94. The fourth-order valence-electron chi connectivity index (χ4n) is 3.40. The van der Waals surface area contributed by atoms with Crippen LogP contribution in [-0.4, -0.2) is 11.2 Å². The Kier molecular flexibility index (Phi) is 7.77. The highest BCUT2D eigenvalue weighted by atomic mass is 35.5. The van der Waals surface area contributed by atoms with Gasteiger partial charge in [-0.25, -0.2) is 0 Å². The molecule has 1 aliphatic carbocycles. The van der Waals surface area contributed by atoms with Crippen LogP contribution in [0.15, 0.2) is 24.3 Å². The van der Waals surface area contributed by atoms with Crippen molar-refractivity contribution >= 4 is 22.8 Å². The lowest BCUT2D eigenvalue weighted by Gasteiger charge is -2.27. The lowest BCUT2D eigenvalue weighted by molar-refractivity contribution is -0.140. The summed E-state index contributed by atoms with van der Waals surface area (Å²) in [6.45, 7) is 2.23. The topological polar surface area (TPSA) is 43.4 Å². The summed E-state index contributed by atoms with van der Waals surface area (Å²) in [6.07, 6.45) is 10.7. The molecule has 0 unspecified atom stereocenters. The predicted molar refractivity (Wildman–Crippen MR) is 96.5 cm³/mol. The molecule has 0 N–H and O–H groups in total. The summed E-state index contributed by atoms with van der Waals surface area (Å²) in [7, 11) is 0. The molecule has 3 nitrogen and oxygen atoms in total. The zero-order valence-electron chi connectivity index (χ0n) is 14.4. The summed E-state index contributed by atoms with van der Waals surface area (Å²) >= 11 is 5.40. The van der Waals surface area contributed by atoms with E-state index in [-0.39, 0.29) is 11.9 Å². The molecule has 4 heteroatoms. The van der Waals surface area contributed by atoms with Gasteiger partial charge < -0.3 is 4.74 Å². The van der Waals surface area contributed by atoms with Gasteiger partial charge in [0.2, 0.25) is 0 Å². The van der Waals surface area contributed by atoms with Crippen LogP contribution >= 0.6 is 11.6 Å². The van der Waals surface area contributed by atoms with Crippen molar-refractivity contribution in [2.45, 2.75) is 64.7 Å². The summed E-state index contributed by atoms with van der Waals surface area (Å²) in [5, 5.41) is -0.509. The lowest BCUT2D eigenvalue weighted by atomic mass is 9.80. The Balaban J connectivity index is 1.73. The lowest BCUT2D eigenvalue weighted by Crippen LogP contribution is -2.25. The number of hydrogen-bond acceptors (Lipinski definition) is 3. The molecule has 1 saturated carbocycles.